The summed E-state index contributed by atoms with van der Waals surface area (Å²) in [5.74, 6) is 0.720. The molecule has 2 aromatic heterocycles. The van der Waals surface area contributed by atoms with Crippen molar-refractivity contribution in [2.24, 2.45) is 0 Å². The maximum Gasteiger partial charge on any atom is 0.252 e. The van der Waals surface area contributed by atoms with E-state index in [0.717, 1.165) is 11.4 Å². The molecule has 0 unspecified atom stereocenters. The Balaban J connectivity index is 1.70. The van der Waals surface area contributed by atoms with E-state index in [0.29, 0.717) is 23.7 Å². The third-order valence-electron chi connectivity index (χ3n) is 3.45. The van der Waals surface area contributed by atoms with Gasteiger partial charge in [0.15, 0.2) is 0 Å². The Morgan fingerprint density at radius 1 is 1.38 bits per heavy atom. The van der Waals surface area contributed by atoms with Gasteiger partial charge < -0.3 is 4.74 Å². The fourth-order valence-corrected chi connectivity index (χ4v) is 4.95. The minimum Gasteiger partial charge on any atom is -0.487 e. The van der Waals surface area contributed by atoms with Crippen LogP contribution in [0.15, 0.2) is 40.1 Å². The van der Waals surface area contributed by atoms with Gasteiger partial charge in [0.1, 0.15) is 16.1 Å². The van der Waals surface area contributed by atoms with Gasteiger partial charge in [-0.1, -0.05) is 6.07 Å². The molecule has 0 saturated carbocycles. The molecular weight excluding hydrogens is 308 g/mol. The summed E-state index contributed by atoms with van der Waals surface area (Å²) in [5.41, 5.74) is 0.817. The summed E-state index contributed by atoms with van der Waals surface area (Å²) in [7, 11) is -3.37. The lowest BCUT2D eigenvalue weighted by Crippen LogP contribution is -2.30. The molecule has 3 heterocycles. The maximum absolute atomic E-state index is 12.4. The molecule has 0 aliphatic carbocycles. The predicted octanol–water partition coefficient (Wildman–Crippen LogP) is 2.29. The largest absolute Gasteiger partial charge is 0.487 e. The molecule has 1 aliphatic rings. The molecule has 0 N–H and O–H groups in total. The Hall–Kier alpha value is -1.44. The highest BCUT2D eigenvalue weighted by molar-refractivity contribution is 7.91. The molecule has 2 aromatic rings. The molecular formula is C14H16N2O3S2. The van der Waals surface area contributed by atoms with Gasteiger partial charge in [-0.15, -0.1) is 11.3 Å². The predicted molar refractivity (Wildman–Crippen MR) is 81.1 cm³/mol. The van der Waals surface area contributed by atoms with Crippen LogP contribution in [0.4, 0.5) is 0 Å². The van der Waals surface area contributed by atoms with Crippen molar-refractivity contribution in [1.82, 2.24) is 9.29 Å². The molecule has 0 spiro atoms. The lowest BCUT2D eigenvalue weighted by atomic mass is 10.3. The third kappa shape index (κ3) is 2.95. The molecule has 112 valence electrons. The van der Waals surface area contributed by atoms with Gasteiger partial charge in [-0.2, -0.15) is 4.31 Å². The average molecular weight is 324 g/mol. The Bertz CT molecular complexity index is 714. The third-order valence-corrected chi connectivity index (χ3v) is 6.69. The second-order valence-corrected chi connectivity index (χ2v) is 8.02. The van der Waals surface area contributed by atoms with Gasteiger partial charge in [0.2, 0.25) is 0 Å². The van der Waals surface area contributed by atoms with Crippen LogP contribution in [0.25, 0.3) is 0 Å². The molecule has 0 radical (unpaired) electrons. The van der Waals surface area contributed by atoms with Gasteiger partial charge in [0.25, 0.3) is 10.0 Å². The molecule has 5 nitrogen and oxygen atoms in total. The molecule has 21 heavy (non-hydrogen) atoms. The zero-order chi connectivity index (χ0) is 14.9. The van der Waals surface area contributed by atoms with Crippen molar-refractivity contribution < 1.29 is 13.2 Å². The first-order valence-corrected chi connectivity index (χ1v) is 9.01. The number of hydrogen-bond donors (Lipinski definition) is 0. The van der Waals surface area contributed by atoms with Crippen molar-refractivity contribution in [1.29, 1.82) is 0 Å². The van der Waals surface area contributed by atoms with E-state index in [4.69, 9.17) is 4.74 Å². The minimum atomic E-state index is -3.37. The van der Waals surface area contributed by atoms with Crippen LogP contribution in [-0.4, -0.2) is 36.9 Å². The summed E-state index contributed by atoms with van der Waals surface area (Å²) in [6.45, 7) is 2.75. The second kappa shape index (κ2) is 5.75. The molecule has 7 heteroatoms. The Kier molecular flexibility index (Phi) is 3.97. The molecule has 0 aromatic carbocycles. The van der Waals surface area contributed by atoms with E-state index in [-0.39, 0.29) is 6.10 Å². The van der Waals surface area contributed by atoms with Crippen molar-refractivity contribution in [3.63, 3.8) is 0 Å². The van der Waals surface area contributed by atoms with Crippen LogP contribution in [0.3, 0.4) is 0 Å². The van der Waals surface area contributed by atoms with Crippen LogP contribution in [0.2, 0.25) is 0 Å². The van der Waals surface area contributed by atoms with Crippen LogP contribution >= 0.6 is 11.3 Å². The second-order valence-electron chi connectivity index (χ2n) is 4.91. The van der Waals surface area contributed by atoms with E-state index in [1.807, 2.05) is 19.1 Å². The van der Waals surface area contributed by atoms with Crippen LogP contribution in [-0.2, 0) is 10.0 Å². The highest BCUT2D eigenvalue weighted by Crippen LogP contribution is 2.27. The molecule has 3 rings (SSSR count). The van der Waals surface area contributed by atoms with E-state index in [1.54, 1.807) is 23.7 Å². The summed E-state index contributed by atoms with van der Waals surface area (Å²) in [6.07, 6.45) is 2.28. The van der Waals surface area contributed by atoms with Crippen LogP contribution in [0.1, 0.15) is 12.1 Å². The fourth-order valence-electron chi connectivity index (χ4n) is 2.32. The summed E-state index contributed by atoms with van der Waals surface area (Å²) in [6, 6.07) is 7.07. The van der Waals surface area contributed by atoms with E-state index in [1.165, 1.54) is 15.6 Å². The van der Waals surface area contributed by atoms with E-state index >= 15 is 0 Å². The lowest BCUT2D eigenvalue weighted by Gasteiger charge is -2.17. The number of aromatic nitrogens is 1. The quantitative estimate of drug-likeness (QED) is 0.866. The standard InChI is InChI=1S/C14H16N2O3S2/c1-11-13(4-2-7-15-11)19-12-6-8-16(10-12)21(17,18)14-5-3-9-20-14/h2-5,7,9,12H,6,8,10H2,1H3/t12-/m1/s1. The Morgan fingerprint density at radius 3 is 2.95 bits per heavy atom. The first kappa shape index (κ1) is 14.5. The summed E-state index contributed by atoms with van der Waals surface area (Å²) < 4.78 is 32.6. The van der Waals surface area contributed by atoms with Crippen molar-refractivity contribution >= 4 is 21.4 Å². The number of sulfonamides is 1. The van der Waals surface area contributed by atoms with Gasteiger partial charge in [-0.3, -0.25) is 4.98 Å². The van der Waals surface area contributed by atoms with Gasteiger partial charge in [0, 0.05) is 12.7 Å². The molecule has 1 aliphatic heterocycles. The summed E-state index contributed by atoms with van der Waals surface area (Å²) >= 11 is 1.24. The molecule has 0 amide bonds. The number of pyridine rings is 1. The van der Waals surface area contributed by atoms with Crippen molar-refractivity contribution in [2.75, 3.05) is 13.1 Å². The van der Waals surface area contributed by atoms with E-state index in [9.17, 15) is 8.42 Å². The minimum absolute atomic E-state index is 0.123. The summed E-state index contributed by atoms with van der Waals surface area (Å²) in [5, 5.41) is 1.77. The zero-order valence-corrected chi connectivity index (χ0v) is 13.2. The number of ether oxygens (including phenoxy) is 1. The average Bonchev–Trinajstić information content (AvgIpc) is 3.12. The number of hydrogen-bond acceptors (Lipinski definition) is 5. The monoisotopic (exact) mass is 324 g/mol. The van der Waals surface area contributed by atoms with E-state index in [2.05, 4.69) is 4.98 Å². The summed E-state index contributed by atoms with van der Waals surface area (Å²) in [4.78, 5) is 4.17. The van der Waals surface area contributed by atoms with Crippen LogP contribution in [0.5, 0.6) is 5.75 Å². The van der Waals surface area contributed by atoms with Gasteiger partial charge in [-0.05, 0) is 36.9 Å². The van der Waals surface area contributed by atoms with Crippen LogP contribution in [0, 0.1) is 6.92 Å². The highest BCUT2D eigenvalue weighted by atomic mass is 32.2. The number of aryl methyl sites for hydroxylation is 1. The first-order valence-electron chi connectivity index (χ1n) is 6.69. The topological polar surface area (TPSA) is 59.5 Å². The maximum atomic E-state index is 12.4. The normalized spacial score (nSPS) is 19.8. The molecule has 1 atom stereocenters. The highest BCUT2D eigenvalue weighted by Gasteiger charge is 2.34. The molecule has 0 bridgehead atoms. The van der Waals surface area contributed by atoms with Gasteiger partial charge in [-0.25, -0.2) is 8.42 Å². The molecule has 1 saturated heterocycles. The number of nitrogens with zero attached hydrogens (tertiary/aromatic N) is 2. The van der Waals surface area contributed by atoms with Gasteiger partial charge in [0.05, 0.1) is 12.2 Å². The number of rotatable bonds is 4. The zero-order valence-electron chi connectivity index (χ0n) is 11.6. The van der Waals surface area contributed by atoms with Crippen molar-refractivity contribution in [2.45, 2.75) is 23.7 Å². The van der Waals surface area contributed by atoms with Crippen molar-refractivity contribution in [3.8, 4) is 5.75 Å². The Labute approximate surface area is 128 Å². The van der Waals surface area contributed by atoms with E-state index < -0.39 is 10.0 Å². The smallest absolute Gasteiger partial charge is 0.252 e. The molecule has 1 fully saturated rings. The van der Waals surface area contributed by atoms with Crippen LogP contribution < -0.4 is 4.74 Å². The van der Waals surface area contributed by atoms with Crippen molar-refractivity contribution in [3.05, 3.63) is 41.5 Å². The first-order chi connectivity index (χ1) is 10.1. The Morgan fingerprint density at radius 2 is 2.24 bits per heavy atom. The fraction of sp³-hybridized carbons (Fsp3) is 0.357. The number of thiophene rings is 1. The van der Waals surface area contributed by atoms with Gasteiger partial charge >= 0.3 is 0 Å². The lowest BCUT2D eigenvalue weighted by molar-refractivity contribution is 0.213. The SMILES string of the molecule is Cc1ncccc1O[C@@H]1CCN(S(=O)(=O)c2cccs2)C1.